The van der Waals surface area contributed by atoms with Gasteiger partial charge in [0.15, 0.2) is 0 Å². The van der Waals surface area contributed by atoms with E-state index in [1.165, 1.54) is 11.3 Å². The number of carbonyl (C=O) groups is 1. The zero-order valence-corrected chi connectivity index (χ0v) is 14.3. The molecule has 0 radical (unpaired) electrons. The van der Waals surface area contributed by atoms with Crippen molar-refractivity contribution in [2.45, 2.75) is 12.2 Å². The molecular weight excluding hydrogens is 302 g/mol. The summed E-state index contributed by atoms with van der Waals surface area (Å²) >= 11 is 4.26. The number of anilines is 1. The highest BCUT2D eigenvalue weighted by Crippen LogP contribution is 2.31. The van der Waals surface area contributed by atoms with Crippen LogP contribution >= 0.6 is 22.5 Å². The molecule has 116 valence electrons. The summed E-state index contributed by atoms with van der Waals surface area (Å²) in [6.45, 7) is 5.96. The lowest BCUT2D eigenvalue weighted by Gasteiger charge is -2.36. The van der Waals surface area contributed by atoms with Crippen LogP contribution < -0.4 is 10.2 Å². The van der Waals surface area contributed by atoms with Gasteiger partial charge in [-0.25, -0.2) is 0 Å². The van der Waals surface area contributed by atoms with Crippen LogP contribution in [0.1, 0.15) is 17.7 Å². The molecule has 0 spiro atoms. The molecule has 6 heteroatoms. The molecule has 1 unspecified atom stereocenters. The molecule has 0 aromatic heterocycles. The van der Waals surface area contributed by atoms with Gasteiger partial charge in [0.2, 0.25) is 5.91 Å². The fourth-order valence-electron chi connectivity index (χ4n) is 2.49. The van der Waals surface area contributed by atoms with Gasteiger partial charge in [-0.2, -0.15) is 0 Å². The Hall–Kier alpha value is -0.850. The van der Waals surface area contributed by atoms with Gasteiger partial charge in [0.25, 0.3) is 0 Å². The number of rotatable bonds is 5. The first-order chi connectivity index (χ1) is 10.2. The molecule has 0 bridgehead atoms. The molecule has 2 rings (SSSR count). The number of nitrogens with one attached hydrogen (secondary N) is 1. The summed E-state index contributed by atoms with van der Waals surface area (Å²) in [5, 5.41) is 3.32. The predicted octanol–water partition coefficient (Wildman–Crippen LogP) is 2.19. The monoisotopic (exact) mass is 325 g/mol. The Balaban J connectivity index is 1.91. The van der Waals surface area contributed by atoms with Gasteiger partial charge in [0.05, 0.1) is 6.54 Å². The minimum absolute atomic E-state index is 0.187. The summed E-state index contributed by atoms with van der Waals surface area (Å²) in [5.41, 5.74) is 2.53. The fourth-order valence-corrected chi connectivity index (χ4v) is 3.14. The van der Waals surface area contributed by atoms with E-state index < -0.39 is 0 Å². The molecule has 1 aromatic carbocycles. The largest absolute Gasteiger partial charge is 0.368 e. The lowest BCUT2D eigenvalue weighted by molar-refractivity contribution is -0.130. The molecule has 1 heterocycles. The average molecular weight is 326 g/mol. The zero-order valence-electron chi connectivity index (χ0n) is 12.6. The first-order valence-electron chi connectivity index (χ1n) is 7.23. The maximum Gasteiger partial charge on any atom is 0.236 e. The zero-order chi connectivity index (χ0) is 15.2. The molecule has 1 N–H and O–H groups in total. The second-order valence-corrected chi connectivity index (χ2v) is 6.79. The quantitative estimate of drug-likeness (QED) is 0.643. The van der Waals surface area contributed by atoms with E-state index in [9.17, 15) is 4.79 Å². The van der Waals surface area contributed by atoms with Gasteiger partial charge in [-0.05, 0) is 31.7 Å². The van der Waals surface area contributed by atoms with Crippen LogP contribution in [0.15, 0.2) is 24.3 Å². The Morgan fingerprint density at radius 2 is 1.90 bits per heavy atom. The van der Waals surface area contributed by atoms with Crippen LogP contribution in [0, 0.1) is 0 Å². The SMILES string of the molecule is CNCC(=O)N1CCN(c2ccc(C(C)SS)cc2)CC1. The summed E-state index contributed by atoms with van der Waals surface area (Å²) in [6, 6.07) is 8.67. The predicted molar refractivity (Wildman–Crippen MR) is 94.2 cm³/mol. The number of hydrogen-bond donors (Lipinski definition) is 2. The molecule has 1 saturated heterocycles. The highest BCUT2D eigenvalue weighted by molar-refractivity contribution is 8.68. The van der Waals surface area contributed by atoms with Crippen LogP contribution in [0.5, 0.6) is 0 Å². The summed E-state index contributed by atoms with van der Waals surface area (Å²) in [6.07, 6.45) is 0. The Kier molecular flexibility index (Phi) is 6.26. The Morgan fingerprint density at radius 3 is 2.43 bits per heavy atom. The molecular formula is C15H23N3OS2. The number of amides is 1. The average Bonchev–Trinajstić information content (AvgIpc) is 2.54. The van der Waals surface area contributed by atoms with Crippen molar-refractivity contribution < 1.29 is 4.79 Å². The van der Waals surface area contributed by atoms with E-state index in [4.69, 9.17) is 0 Å². The number of benzene rings is 1. The van der Waals surface area contributed by atoms with Crippen molar-refractivity contribution in [1.82, 2.24) is 10.2 Å². The van der Waals surface area contributed by atoms with Gasteiger partial charge in [-0.15, -0.1) is 11.7 Å². The lowest BCUT2D eigenvalue weighted by Crippen LogP contribution is -2.50. The molecule has 4 nitrogen and oxygen atoms in total. The van der Waals surface area contributed by atoms with Gasteiger partial charge < -0.3 is 15.1 Å². The summed E-state index contributed by atoms with van der Waals surface area (Å²) < 4.78 is 0. The van der Waals surface area contributed by atoms with Gasteiger partial charge >= 0.3 is 0 Å². The lowest BCUT2D eigenvalue weighted by atomic mass is 10.1. The van der Waals surface area contributed by atoms with Gasteiger partial charge in [0, 0.05) is 37.1 Å². The van der Waals surface area contributed by atoms with Gasteiger partial charge in [-0.3, -0.25) is 4.79 Å². The third-order valence-corrected chi connectivity index (χ3v) is 5.38. The Bertz CT molecular complexity index is 458. The van der Waals surface area contributed by atoms with E-state index in [2.05, 4.69) is 53.1 Å². The molecule has 1 aliphatic rings. The van der Waals surface area contributed by atoms with Crippen molar-refractivity contribution in [3.8, 4) is 0 Å². The van der Waals surface area contributed by atoms with E-state index >= 15 is 0 Å². The van der Waals surface area contributed by atoms with Crippen molar-refractivity contribution >= 4 is 34.0 Å². The van der Waals surface area contributed by atoms with Crippen molar-refractivity contribution in [2.75, 3.05) is 44.7 Å². The van der Waals surface area contributed by atoms with E-state index in [0.29, 0.717) is 11.8 Å². The maximum absolute atomic E-state index is 11.8. The number of likely N-dealkylation sites (N-methyl/N-ethyl adjacent to an activating group) is 1. The van der Waals surface area contributed by atoms with Crippen LogP contribution in [0.3, 0.4) is 0 Å². The van der Waals surface area contributed by atoms with E-state index in [0.717, 1.165) is 26.2 Å². The topological polar surface area (TPSA) is 35.6 Å². The Morgan fingerprint density at radius 1 is 1.29 bits per heavy atom. The third-order valence-electron chi connectivity index (χ3n) is 3.85. The number of hydrogen-bond acceptors (Lipinski definition) is 5. The van der Waals surface area contributed by atoms with Crippen molar-refractivity contribution in [3.63, 3.8) is 0 Å². The molecule has 1 aliphatic heterocycles. The molecule has 1 amide bonds. The van der Waals surface area contributed by atoms with Gasteiger partial charge in [0.1, 0.15) is 0 Å². The molecule has 0 aliphatic carbocycles. The molecule has 1 aromatic rings. The summed E-state index contributed by atoms with van der Waals surface area (Å²) in [4.78, 5) is 16.1. The van der Waals surface area contributed by atoms with E-state index in [-0.39, 0.29) is 5.91 Å². The van der Waals surface area contributed by atoms with E-state index in [1.807, 2.05) is 4.90 Å². The van der Waals surface area contributed by atoms with E-state index in [1.54, 1.807) is 17.8 Å². The molecule has 1 fully saturated rings. The van der Waals surface area contributed by atoms with Gasteiger partial charge in [-0.1, -0.05) is 22.9 Å². The Labute approximate surface area is 136 Å². The maximum atomic E-state index is 11.8. The number of carbonyl (C=O) groups excluding carboxylic acids is 1. The second kappa shape index (κ2) is 7.96. The van der Waals surface area contributed by atoms with Crippen LogP contribution in [0.2, 0.25) is 0 Å². The first-order valence-corrected chi connectivity index (χ1v) is 9.16. The van der Waals surface area contributed by atoms with Crippen LogP contribution in [0.25, 0.3) is 0 Å². The second-order valence-electron chi connectivity index (χ2n) is 5.24. The fraction of sp³-hybridized carbons (Fsp3) is 0.533. The van der Waals surface area contributed by atoms with Crippen LogP contribution in [0.4, 0.5) is 5.69 Å². The van der Waals surface area contributed by atoms with Crippen LogP contribution in [-0.4, -0.2) is 50.6 Å². The molecule has 1 atom stereocenters. The van der Waals surface area contributed by atoms with Crippen molar-refractivity contribution in [3.05, 3.63) is 29.8 Å². The third kappa shape index (κ3) is 4.31. The standard InChI is InChI=1S/C15H23N3OS2/c1-12(21-20)13-3-5-14(6-4-13)17-7-9-18(10-8-17)15(19)11-16-2/h3-6,12,16,20H,7-11H2,1-2H3. The smallest absolute Gasteiger partial charge is 0.236 e. The minimum Gasteiger partial charge on any atom is -0.368 e. The molecule has 0 saturated carbocycles. The first kappa shape index (κ1) is 16.5. The highest BCUT2D eigenvalue weighted by atomic mass is 33.1. The number of nitrogens with zero attached hydrogens (tertiary/aromatic N) is 2. The number of thiol groups is 1. The van der Waals surface area contributed by atoms with Crippen molar-refractivity contribution in [1.29, 1.82) is 0 Å². The normalized spacial score (nSPS) is 16.9. The number of piperazine rings is 1. The highest BCUT2D eigenvalue weighted by Gasteiger charge is 2.20. The minimum atomic E-state index is 0.187. The van der Waals surface area contributed by atoms with Crippen molar-refractivity contribution in [2.24, 2.45) is 0 Å². The van der Waals surface area contributed by atoms with Crippen LogP contribution in [-0.2, 0) is 4.79 Å². The molecule has 21 heavy (non-hydrogen) atoms. The summed E-state index contributed by atoms with van der Waals surface area (Å²) in [7, 11) is 3.36. The summed E-state index contributed by atoms with van der Waals surface area (Å²) in [5.74, 6) is 0.187.